The van der Waals surface area contributed by atoms with Crippen molar-refractivity contribution in [1.82, 2.24) is 20.9 Å². The highest BCUT2D eigenvalue weighted by Crippen LogP contribution is 2.57. The van der Waals surface area contributed by atoms with Gasteiger partial charge in [-0.15, -0.1) is 0 Å². The first kappa shape index (κ1) is 53.2. The number of rotatable bonds is 14. The van der Waals surface area contributed by atoms with Crippen LogP contribution in [-0.4, -0.2) is 151 Å². The van der Waals surface area contributed by atoms with Crippen molar-refractivity contribution < 1.29 is 74.2 Å². The van der Waals surface area contributed by atoms with Gasteiger partial charge in [0.1, 0.15) is 29.5 Å². The van der Waals surface area contributed by atoms with Gasteiger partial charge < -0.3 is 88.2 Å². The molecule has 1 saturated heterocycles. The number of aliphatic hydroxyl groups is 7. The van der Waals surface area contributed by atoms with E-state index in [2.05, 4.69) is 20.9 Å². The molecule has 4 aliphatic heterocycles. The van der Waals surface area contributed by atoms with E-state index >= 15 is 9.59 Å². The molecule has 7 aliphatic rings. The fourth-order valence-corrected chi connectivity index (χ4v) is 12.4. The van der Waals surface area contributed by atoms with Gasteiger partial charge in [-0.2, -0.15) is 0 Å². The lowest BCUT2D eigenvalue weighted by molar-refractivity contribution is -0.456. The Hall–Kier alpha value is -6.67. The second kappa shape index (κ2) is 20.5. The molecular formula is C52H64N8O15. The molecule has 17 N–H and O–H groups in total. The number of nitrogens with zero attached hydrogens (tertiary/aromatic N) is 2. The summed E-state index contributed by atoms with van der Waals surface area (Å²) in [6.07, 6.45) is 1.13. The summed E-state index contributed by atoms with van der Waals surface area (Å²) in [6.45, 7) is 1.27. The minimum absolute atomic E-state index is 0.0240. The fourth-order valence-electron chi connectivity index (χ4n) is 12.4. The van der Waals surface area contributed by atoms with Crippen molar-refractivity contribution >= 4 is 29.3 Å². The lowest BCUT2D eigenvalue weighted by Crippen LogP contribution is -2.77. The van der Waals surface area contributed by atoms with Crippen LogP contribution >= 0.6 is 0 Å². The van der Waals surface area contributed by atoms with E-state index in [-0.39, 0.29) is 83.5 Å². The Morgan fingerprint density at radius 3 is 2.36 bits per heavy atom. The molecule has 1 unspecified atom stereocenters. The summed E-state index contributed by atoms with van der Waals surface area (Å²) >= 11 is 0. The number of aliphatic imine (C=N–C) groups is 1. The monoisotopic (exact) mass is 1040 g/mol. The predicted octanol–water partition coefficient (Wildman–Crippen LogP) is -1.47. The topological polar surface area (TPSA) is 388 Å². The Labute approximate surface area is 430 Å². The molecule has 4 heterocycles. The quantitative estimate of drug-likeness (QED) is 0.0379. The zero-order valence-corrected chi connectivity index (χ0v) is 41.5. The number of nitrogens with two attached hydrogens (primary N) is 3. The summed E-state index contributed by atoms with van der Waals surface area (Å²) in [5, 5.41) is 103. The Balaban J connectivity index is 1.16. The van der Waals surface area contributed by atoms with Crippen molar-refractivity contribution in [2.45, 2.75) is 106 Å². The van der Waals surface area contributed by atoms with E-state index < -0.39 is 108 Å². The van der Waals surface area contributed by atoms with E-state index in [1.807, 2.05) is 18.4 Å². The number of hydrogen-bond acceptors (Lipinski definition) is 20. The largest absolute Gasteiger partial charge is 0.507 e. The zero-order chi connectivity index (χ0) is 54.0. The van der Waals surface area contributed by atoms with Crippen molar-refractivity contribution in [2.24, 2.45) is 39.9 Å². The first-order valence-corrected chi connectivity index (χ1v) is 24.9. The van der Waals surface area contributed by atoms with Gasteiger partial charge in [0.15, 0.2) is 17.3 Å². The number of benzene rings is 2. The summed E-state index contributed by atoms with van der Waals surface area (Å²) in [4.78, 5) is 61.8. The Morgan fingerprint density at radius 2 is 1.73 bits per heavy atom. The molecule has 1 fully saturated rings. The summed E-state index contributed by atoms with van der Waals surface area (Å²) < 4.78 is 17.7. The maximum Gasteiger partial charge on any atom is 0.253 e. The van der Waals surface area contributed by atoms with Crippen molar-refractivity contribution in [3.63, 3.8) is 0 Å². The van der Waals surface area contributed by atoms with Crippen molar-refractivity contribution in [1.29, 1.82) is 0 Å². The van der Waals surface area contributed by atoms with Crippen LogP contribution in [-0.2, 0) is 27.2 Å². The average Bonchev–Trinajstić information content (AvgIpc) is 3.61. The molecule has 23 nitrogen and oxygen atoms in total. The smallest absolute Gasteiger partial charge is 0.253 e. The maximum atomic E-state index is 15.7. The van der Waals surface area contributed by atoms with Crippen LogP contribution in [0.4, 0.5) is 0 Å². The van der Waals surface area contributed by atoms with Crippen LogP contribution in [0.3, 0.4) is 0 Å². The number of amides is 2. The number of allylic oxidation sites excluding steroid dienone is 3. The number of aliphatic hydroxyl groups excluding tert-OH is 4. The van der Waals surface area contributed by atoms with E-state index in [1.54, 1.807) is 13.0 Å². The van der Waals surface area contributed by atoms with Crippen LogP contribution in [0.1, 0.15) is 105 Å². The van der Waals surface area contributed by atoms with E-state index in [1.165, 1.54) is 26.3 Å². The van der Waals surface area contributed by atoms with E-state index in [0.717, 1.165) is 22.6 Å². The van der Waals surface area contributed by atoms with E-state index in [4.69, 9.17) is 31.4 Å². The minimum Gasteiger partial charge on any atom is -0.507 e. The second-order valence-electron chi connectivity index (χ2n) is 20.0. The van der Waals surface area contributed by atoms with Gasteiger partial charge in [0.05, 0.1) is 36.3 Å². The number of fused-ring (bicyclic) bond motifs is 3. The summed E-state index contributed by atoms with van der Waals surface area (Å²) in [5.74, 6) is -9.40. The number of dihydropyridines is 2. The molecular weight excluding hydrogens is 977 g/mol. The molecule has 11 atom stereocenters. The molecule has 3 aliphatic carbocycles. The number of phenolic OH excluding ortho intramolecular Hbond substituents is 1. The number of carbonyl (C=O) groups excluding carboxylic acids is 4. The lowest BCUT2D eigenvalue weighted by Gasteiger charge is -2.54. The van der Waals surface area contributed by atoms with Gasteiger partial charge in [0, 0.05) is 79.3 Å². The fraction of sp³-hybridized carbons (Fsp3) is 0.481. The van der Waals surface area contributed by atoms with Gasteiger partial charge in [0.2, 0.25) is 18.4 Å². The lowest BCUT2D eigenvalue weighted by atomic mass is 9.65. The average molecular weight is 1040 g/mol. The number of carbonyl (C=O) groups is 4. The first-order chi connectivity index (χ1) is 35.7. The van der Waals surface area contributed by atoms with Crippen molar-refractivity contribution in [3.05, 3.63) is 110 Å². The number of ketones is 2. The third-order valence-corrected chi connectivity index (χ3v) is 16.0. The Kier molecular flexibility index (Phi) is 14.5. The molecule has 0 bridgehead atoms. The van der Waals surface area contributed by atoms with Gasteiger partial charge in [-0.1, -0.05) is 19.1 Å². The van der Waals surface area contributed by atoms with Gasteiger partial charge >= 0.3 is 0 Å². The van der Waals surface area contributed by atoms with Gasteiger partial charge in [-0.3, -0.25) is 29.1 Å². The third-order valence-electron chi connectivity index (χ3n) is 16.0. The SMILES string of the molecule is CCc1c(OC)cc(O[C@@H]2O[C@](O)(C(O)O)[C@](O)(C[C@H](CN3C(=O)C=CC3=O)C3=CCNC(N)=C3)[C@H](O)[C@H]2O)c2c1C(=O)c1c3c4c(c(O)c1C2=O)[C@@H](NC(N)=NC)CC[C@@H]4[C@@H](C1=CNC(N)C=C1)[C@H](CCO)CC3. The molecule has 0 aromatic heterocycles. The molecule has 0 spiro atoms. The Bertz CT molecular complexity index is 2880. The number of imide groups is 1. The van der Waals surface area contributed by atoms with Gasteiger partial charge in [-0.05, 0) is 97.1 Å². The highest BCUT2D eigenvalue weighted by atomic mass is 16.8. The summed E-state index contributed by atoms with van der Waals surface area (Å²) in [6, 6.07) is 0.503. The molecule has 2 aromatic rings. The Morgan fingerprint density at radius 1 is 1.01 bits per heavy atom. The highest BCUT2D eigenvalue weighted by molar-refractivity contribution is 6.31. The summed E-state index contributed by atoms with van der Waals surface area (Å²) in [5.41, 5.74) is 17.2. The first-order valence-electron chi connectivity index (χ1n) is 24.9. The molecule has 23 heteroatoms. The predicted molar refractivity (Wildman–Crippen MR) is 266 cm³/mol. The molecule has 402 valence electrons. The summed E-state index contributed by atoms with van der Waals surface area (Å²) in [7, 11) is 2.79. The van der Waals surface area contributed by atoms with Gasteiger partial charge in [-0.25, -0.2) is 0 Å². The van der Waals surface area contributed by atoms with Crippen LogP contribution in [0.15, 0.2) is 70.7 Å². The molecule has 75 heavy (non-hydrogen) atoms. The number of hydrogen-bond donors (Lipinski definition) is 14. The van der Waals surface area contributed by atoms with Crippen LogP contribution < -0.4 is 42.6 Å². The van der Waals surface area contributed by atoms with Crippen LogP contribution in [0.5, 0.6) is 17.2 Å². The highest BCUT2D eigenvalue weighted by Gasteiger charge is 2.68. The number of methoxy groups -OCH3 is 1. The number of nitrogens with one attached hydrogen (secondary N) is 3. The normalized spacial score (nSPS) is 30.6. The third kappa shape index (κ3) is 8.84. The van der Waals surface area contributed by atoms with E-state index in [0.29, 0.717) is 47.9 Å². The molecule has 2 amide bonds. The number of ether oxygens (including phenoxy) is 3. The zero-order valence-electron chi connectivity index (χ0n) is 41.5. The van der Waals surface area contributed by atoms with E-state index in [9.17, 15) is 50.4 Å². The van der Waals surface area contributed by atoms with Crippen molar-refractivity contribution in [2.75, 3.05) is 33.9 Å². The standard InChI is InChI=1S/C52H64N8O15/c1-4-26-30(73-3)18-31(74-48-46(67)47(68)51(71,52(72,75-48)49(69)70)19-25(23-13-15-57-33(54)17-23)21-60-34(62)11-12-35(60)63)41-38(26)43(64)39-28-7-5-22(14-16-61)36(24-6-10-32(53)58-20-24)27-8-9-29(59-50(55)56-2)40(37(27)28)44(65)42(39)45(41)66/h6,10-13,17-18,20,22,25,27,29,32,36,46-49,57-58,61,65,67-72H,4-5,7-9,14-16,19,21,53-54H2,1-3H3,(H3,55,56,59)/t22-,25+,27+,29-,32?,36+,46+,47+,48+,51-,52+/m0/s1. The number of phenols is 1. The number of aromatic hydroxyl groups is 1. The van der Waals surface area contributed by atoms with Crippen LogP contribution in [0.25, 0.3) is 0 Å². The maximum absolute atomic E-state index is 15.7. The minimum atomic E-state index is -3.65. The molecule has 2 aromatic carbocycles. The molecule has 9 rings (SSSR count). The molecule has 0 saturated carbocycles. The van der Waals surface area contributed by atoms with Crippen LogP contribution in [0.2, 0.25) is 0 Å². The van der Waals surface area contributed by atoms with Crippen molar-refractivity contribution in [3.8, 4) is 17.2 Å². The van der Waals surface area contributed by atoms with Gasteiger partial charge in [0.25, 0.3) is 17.6 Å². The number of guanidine groups is 1. The second-order valence-corrected chi connectivity index (χ2v) is 20.0. The molecule has 0 radical (unpaired) electrons. The van der Waals surface area contributed by atoms with Crippen LogP contribution in [0, 0.1) is 17.8 Å².